The Morgan fingerprint density at radius 3 is 2.12 bits per heavy atom. The summed E-state index contributed by atoms with van der Waals surface area (Å²) in [7, 11) is 3.71. The Labute approximate surface area is 60.2 Å². The lowest BCUT2D eigenvalue weighted by Gasteiger charge is -2.16. The normalized spacial score (nSPS) is 18.0. The molecule has 8 heavy (non-hydrogen) atoms. The molecule has 0 heterocycles. The van der Waals surface area contributed by atoms with E-state index in [2.05, 4.69) is 6.58 Å². The second kappa shape index (κ2) is 2.98. The smallest absolute Gasteiger partial charge is 0.119 e. The van der Waals surface area contributed by atoms with E-state index in [1.807, 2.05) is 18.8 Å². The molecule has 1 atom stereocenters. The number of hydrogen-bond acceptors (Lipinski definition) is 1. The summed E-state index contributed by atoms with van der Waals surface area (Å²) >= 11 is 10.7. The molecule has 0 bridgehead atoms. The molecule has 0 amide bonds. The number of hydrogen-bond donors (Lipinski definition) is 0. The van der Waals surface area contributed by atoms with Crippen LogP contribution in [0.4, 0.5) is 0 Å². The van der Waals surface area contributed by atoms with Gasteiger partial charge in [-0.05, 0) is 19.9 Å². The minimum atomic E-state index is -1.84. The quantitative estimate of drug-likeness (QED) is 0.584. The molecule has 0 N–H and O–H groups in total. The van der Waals surface area contributed by atoms with Crippen LogP contribution in [-0.2, 0) is 11.8 Å². The molecule has 48 valence electrons. The summed E-state index contributed by atoms with van der Waals surface area (Å²) in [6.07, 6.45) is 0. The lowest BCUT2D eigenvalue weighted by molar-refractivity contribution is 0.691. The molecule has 0 fully saturated rings. The van der Waals surface area contributed by atoms with E-state index >= 15 is 0 Å². The fourth-order valence-electron chi connectivity index (χ4n) is 0.163. The molecular weight excluding hydrogens is 161 g/mol. The van der Waals surface area contributed by atoms with E-state index in [-0.39, 0.29) is 0 Å². The molecule has 0 aromatic heterocycles. The van der Waals surface area contributed by atoms with Gasteiger partial charge in [0.25, 0.3) is 0 Å². The standard InChI is InChI=1S/C4H9ClNPS/c1-4-7(5,8)6(2)3/h4H,1H2,2-3H3. The van der Waals surface area contributed by atoms with Gasteiger partial charge < -0.3 is 0 Å². The lowest BCUT2D eigenvalue weighted by atomic mass is 11.3. The minimum absolute atomic E-state index is 1.63. The molecule has 0 aliphatic rings. The van der Waals surface area contributed by atoms with Gasteiger partial charge in [-0.15, -0.1) is 0 Å². The molecule has 0 saturated carbocycles. The van der Waals surface area contributed by atoms with Crippen LogP contribution in [0.3, 0.4) is 0 Å². The van der Waals surface area contributed by atoms with Crippen LogP contribution in [0.1, 0.15) is 0 Å². The summed E-state index contributed by atoms with van der Waals surface area (Å²) in [6.45, 7) is 3.53. The zero-order chi connectivity index (χ0) is 6.78. The molecule has 0 radical (unpaired) electrons. The van der Waals surface area contributed by atoms with E-state index in [1.165, 1.54) is 0 Å². The van der Waals surface area contributed by atoms with Crippen molar-refractivity contribution in [2.45, 2.75) is 0 Å². The second-order valence-corrected chi connectivity index (χ2v) is 7.65. The minimum Gasteiger partial charge on any atom is -0.267 e. The summed E-state index contributed by atoms with van der Waals surface area (Å²) in [5, 5.41) is 0. The van der Waals surface area contributed by atoms with Crippen molar-refractivity contribution in [3.05, 3.63) is 12.4 Å². The van der Waals surface area contributed by atoms with Crippen LogP contribution in [0.15, 0.2) is 12.4 Å². The van der Waals surface area contributed by atoms with Crippen LogP contribution < -0.4 is 0 Å². The maximum absolute atomic E-state index is 5.79. The van der Waals surface area contributed by atoms with Gasteiger partial charge in [0.15, 0.2) is 0 Å². The van der Waals surface area contributed by atoms with Crippen molar-refractivity contribution >= 4 is 28.6 Å². The average Bonchev–Trinajstić information content (AvgIpc) is 1.67. The topological polar surface area (TPSA) is 3.24 Å². The van der Waals surface area contributed by atoms with Gasteiger partial charge in [0.1, 0.15) is 5.54 Å². The Bertz CT molecular complexity index is 134. The van der Waals surface area contributed by atoms with Crippen molar-refractivity contribution in [1.82, 2.24) is 4.67 Å². The van der Waals surface area contributed by atoms with Crippen molar-refractivity contribution in [2.24, 2.45) is 0 Å². The van der Waals surface area contributed by atoms with E-state index in [1.54, 1.807) is 5.82 Å². The maximum atomic E-state index is 5.79. The Hall–Kier alpha value is 0.640. The molecule has 0 spiro atoms. The number of halogens is 1. The van der Waals surface area contributed by atoms with Crippen LogP contribution in [0.2, 0.25) is 0 Å². The first-order chi connectivity index (χ1) is 3.50. The maximum Gasteiger partial charge on any atom is 0.119 e. The van der Waals surface area contributed by atoms with Gasteiger partial charge in [-0.3, -0.25) is 4.67 Å². The highest BCUT2D eigenvalue weighted by atomic mass is 35.7. The third-order valence-electron chi connectivity index (χ3n) is 0.771. The van der Waals surface area contributed by atoms with Crippen molar-refractivity contribution in [3.8, 4) is 0 Å². The third-order valence-corrected chi connectivity index (χ3v) is 5.06. The highest BCUT2D eigenvalue weighted by molar-refractivity contribution is 8.27. The van der Waals surface area contributed by atoms with Gasteiger partial charge in [0.05, 0.1) is 0 Å². The van der Waals surface area contributed by atoms with Gasteiger partial charge >= 0.3 is 0 Å². The van der Waals surface area contributed by atoms with Gasteiger partial charge in [-0.1, -0.05) is 29.6 Å². The predicted octanol–water partition coefficient (Wildman–Crippen LogP) is 2.24. The van der Waals surface area contributed by atoms with E-state index in [4.69, 9.17) is 23.0 Å². The van der Waals surface area contributed by atoms with Crippen LogP contribution in [0, 0.1) is 0 Å². The molecule has 0 rings (SSSR count). The summed E-state index contributed by atoms with van der Waals surface area (Å²) in [5.41, 5.74) is -1.84. The zero-order valence-corrected chi connectivity index (χ0v) is 7.43. The Kier molecular flexibility index (Phi) is 3.21. The predicted molar refractivity (Wildman–Crippen MR) is 44.0 cm³/mol. The fourth-order valence-corrected chi connectivity index (χ4v) is 0.490. The Morgan fingerprint density at radius 1 is 1.75 bits per heavy atom. The van der Waals surface area contributed by atoms with E-state index < -0.39 is 5.54 Å². The van der Waals surface area contributed by atoms with E-state index in [9.17, 15) is 0 Å². The number of rotatable bonds is 2. The van der Waals surface area contributed by atoms with Crippen molar-refractivity contribution in [3.63, 3.8) is 0 Å². The zero-order valence-electron chi connectivity index (χ0n) is 4.97. The Balaban J connectivity index is 4.14. The monoisotopic (exact) mass is 169 g/mol. The number of nitrogens with zero attached hydrogens (tertiary/aromatic N) is 1. The molecule has 1 unspecified atom stereocenters. The largest absolute Gasteiger partial charge is 0.267 e. The first-order valence-electron chi connectivity index (χ1n) is 2.11. The van der Waals surface area contributed by atoms with Gasteiger partial charge in [-0.2, -0.15) is 0 Å². The molecule has 0 saturated heterocycles. The first kappa shape index (κ1) is 8.64. The fraction of sp³-hybridized carbons (Fsp3) is 0.500. The third kappa shape index (κ3) is 2.27. The molecule has 1 nitrogen and oxygen atoms in total. The van der Waals surface area contributed by atoms with E-state index in [0.717, 1.165) is 0 Å². The van der Waals surface area contributed by atoms with Gasteiger partial charge in [0, 0.05) is 0 Å². The van der Waals surface area contributed by atoms with Crippen LogP contribution in [0.25, 0.3) is 0 Å². The Morgan fingerprint density at radius 2 is 2.12 bits per heavy atom. The summed E-state index contributed by atoms with van der Waals surface area (Å²) in [4.78, 5) is 0. The van der Waals surface area contributed by atoms with Crippen molar-refractivity contribution < 1.29 is 0 Å². The van der Waals surface area contributed by atoms with Crippen LogP contribution >= 0.6 is 16.8 Å². The molecule has 0 aliphatic heterocycles. The summed E-state index contributed by atoms with van der Waals surface area (Å²) in [5.74, 6) is 1.63. The highest BCUT2D eigenvalue weighted by Gasteiger charge is 2.08. The average molecular weight is 170 g/mol. The molecule has 0 aromatic carbocycles. The van der Waals surface area contributed by atoms with Crippen LogP contribution in [-0.4, -0.2) is 18.8 Å². The first-order valence-corrected chi connectivity index (χ1v) is 5.84. The highest BCUT2D eigenvalue weighted by Crippen LogP contribution is 2.54. The summed E-state index contributed by atoms with van der Waals surface area (Å²) < 4.78 is 1.82. The van der Waals surface area contributed by atoms with Crippen molar-refractivity contribution in [1.29, 1.82) is 0 Å². The van der Waals surface area contributed by atoms with Crippen molar-refractivity contribution in [2.75, 3.05) is 14.1 Å². The van der Waals surface area contributed by atoms with Crippen LogP contribution in [0.5, 0.6) is 0 Å². The van der Waals surface area contributed by atoms with E-state index in [0.29, 0.717) is 0 Å². The van der Waals surface area contributed by atoms with Gasteiger partial charge in [0.2, 0.25) is 0 Å². The molecule has 0 aliphatic carbocycles. The lowest BCUT2D eigenvalue weighted by Crippen LogP contribution is -2.01. The molecule has 4 heteroatoms. The second-order valence-electron chi connectivity index (χ2n) is 1.57. The summed E-state index contributed by atoms with van der Waals surface area (Å²) in [6, 6.07) is 0. The van der Waals surface area contributed by atoms with Gasteiger partial charge in [-0.25, -0.2) is 0 Å². The SMILES string of the molecule is C=CP(=S)(Cl)N(C)C. The molecule has 0 aromatic rings. The molecular formula is C4H9ClNPS.